The lowest BCUT2D eigenvalue weighted by molar-refractivity contribution is -0.136. The Kier molecular flexibility index (Phi) is 2.67. The van der Waals surface area contributed by atoms with E-state index in [2.05, 4.69) is 0 Å². The predicted octanol–water partition coefficient (Wildman–Crippen LogP) is 0.907. The van der Waals surface area contributed by atoms with Gasteiger partial charge < -0.3 is 10.8 Å². The second-order valence-corrected chi connectivity index (χ2v) is 2.71. The summed E-state index contributed by atoms with van der Waals surface area (Å²) in [5, 5.41) is 17.0. The molecule has 0 atom stereocenters. The van der Waals surface area contributed by atoms with Gasteiger partial charge in [0.2, 0.25) is 0 Å². The average Bonchev–Trinajstić information content (AvgIpc) is 2.11. The van der Waals surface area contributed by atoms with E-state index in [1.165, 1.54) is 6.07 Å². The third kappa shape index (κ3) is 1.98. The lowest BCUT2D eigenvalue weighted by atomic mass is 10.1. The van der Waals surface area contributed by atoms with Crippen molar-refractivity contribution < 1.29 is 14.3 Å². The number of hydrogen-bond acceptors (Lipinski definition) is 3. The van der Waals surface area contributed by atoms with Crippen LogP contribution in [0.25, 0.3) is 0 Å². The summed E-state index contributed by atoms with van der Waals surface area (Å²) in [7, 11) is 0. The van der Waals surface area contributed by atoms with Gasteiger partial charge in [0, 0.05) is 0 Å². The maximum Gasteiger partial charge on any atom is 0.307 e. The fourth-order valence-corrected chi connectivity index (χ4v) is 1.05. The van der Waals surface area contributed by atoms with E-state index in [1.54, 1.807) is 6.07 Å². The van der Waals surface area contributed by atoms with Crippen LogP contribution in [0, 0.1) is 17.1 Å². The molecule has 0 aliphatic carbocycles. The highest BCUT2D eigenvalue weighted by atomic mass is 19.1. The molecule has 1 aromatic carbocycles. The third-order valence-corrected chi connectivity index (χ3v) is 1.69. The minimum atomic E-state index is -1.12. The van der Waals surface area contributed by atoms with Crippen molar-refractivity contribution in [2.45, 2.75) is 6.42 Å². The first-order chi connectivity index (χ1) is 6.54. The molecule has 1 aromatic rings. The van der Waals surface area contributed by atoms with Gasteiger partial charge in [0.15, 0.2) is 0 Å². The summed E-state index contributed by atoms with van der Waals surface area (Å²) in [6.45, 7) is 0. The number of hydrogen-bond donors (Lipinski definition) is 2. The van der Waals surface area contributed by atoms with Crippen molar-refractivity contribution >= 4 is 11.7 Å². The summed E-state index contributed by atoms with van der Waals surface area (Å²) in [6.07, 6.45) is -0.391. The third-order valence-electron chi connectivity index (χ3n) is 1.69. The SMILES string of the molecule is N#Cc1cc(F)c(N)c(CC(=O)O)c1. The van der Waals surface area contributed by atoms with E-state index in [0.29, 0.717) is 0 Å². The highest BCUT2D eigenvalue weighted by Crippen LogP contribution is 2.19. The van der Waals surface area contributed by atoms with Gasteiger partial charge in [-0.1, -0.05) is 0 Å². The number of nitrogen functional groups attached to an aromatic ring is 1. The van der Waals surface area contributed by atoms with Crippen molar-refractivity contribution in [2.24, 2.45) is 0 Å². The maximum absolute atomic E-state index is 13.0. The molecule has 0 unspecified atom stereocenters. The van der Waals surface area contributed by atoms with Crippen LogP contribution in [0.3, 0.4) is 0 Å². The molecule has 0 aliphatic rings. The van der Waals surface area contributed by atoms with E-state index in [1.807, 2.05) is 0 Å². The van der Waals surface area contributed by atoms with Crippen LogP contribution in [0.2, 0.25) is 0 Å². The molecule has 0 aromatic heterocycles. The van der Waals surface area contributed by atoms with Crippen LogP contribution in [0.1, 0.15) is 11.1 Å². The number of carbonyl (C=O) groups is 1. The summed E-state index contributed by atoms with van der Waals surface area (Å²) in [5.74, 6) is -1.88. The monoisotopic (exact) mass is 194 g/mol. The first-order valence-electron chi connectivity index (χ1n) is 3.74. The summed E-state index contributed by atoms with van der Waals surface area (Å²) < 4.78 is 13.0. The minimum Gasteiger partial charge on any atom is -0.481 e. The van der Waals surface area contributed by atoms with Gasteiger partial charge in [0.05, 0.1) is 23.7 Å². The second-order valence-electron chi connectivity index (χ2n) is 2.71. The van der Waals surface area contributed by atoms with E-state index in [0.717, 1.165) is 6.07 Å². The summed E-state index contributed by atoms with van der Waals surface area (Å²) in [5.41, 5.74) is 5.27. The van der Waals surface area contributed by atoms with Gasteiger partial charge in [-0.25, -0.2) is 4.39 Å². The molecule has 0 bridgehead atoms. The Hall–Kier alpha value is -2.09. The second kappa shape index (κ2) is 3.75. The molecule has 0 aliphatic heterocycles. The molecular weight excluding hydrogens is 187 g/mol. The van der Waals surface area contributed by atoms with Gasteiger partial charge in [0.25, 0.3) is 0 Å². The Morgan fingerprint density at radius 3 is 2.79 bits per heavy atom. The number of benzene rings is 1. The van der Waals surface area contributed by atoms with Gasteiger partial charge in [-0.3, -0.25) is 4.79 Å². The van der Waals surface area contributed by atoms with Crippen molar-refractivity contribution in [2.75, 3.05) is 5.73 Å². The number of nitriles is 1. The quantitative estimate of drug-likeness (QED) is 0.685. The van der Waals surface area contributed by atoms with Crippen LogP contribution in [0.15, 0.2) is 12.1 Å². The van der Waals surface area contributed by atoms with Crippen molar-refractivity contribution in [1.82, 2.24) is 0 Å². The van der Waals surface area contributed by atoms with Gasteiger partial charge in [0.1, 0.15) is 5.82 Å². The van der Waals surface area contributed by atoms with E-state index in [9.17, 15) is 9.18 Å². The number of nitrogens with two attached hydrogens (primary N) is 1. The smallest absolute Gasteiger partial charge is 0.307 e. The van der Waals surface area contributed by atoms with Gasteiger partial charge in [-0.05, 0) is 17.7 Å². The maximum atomic E-state index is 13.0. The summed E-state index contributed by atoms with van der Waals surface area (Å²) in [4.78, 5) is 10.4. The van der Waals surface area contributed by atoms with Crippen molar-refractivity contribution in [3.63, 3.8) is 0 Å². The molecule has 0 radical (unpaired) electrons. The zero-order chi connectivity index (χ0) is 10.7. The number of halogens is 1. The zero-order valence-corrected chi connectivity index (χ0v) is 7.12. The molecule has 0 saturated carbocycles. The molecule has 0 fully saturated rings. The Balaban J connectivity index is 3.21. The van der Waals surface area contributed by atoms with Gasteiger partial charge >= 0.3 is 5.97 Å². The summed E-state index contributed by atoms with van der Waals surface area (Å²) in [6, 6.07) is 3.96. The highest BCUT2D eigenvalue weighted by molar-refractivity contribution is 5.73. The van der Waals surface area contributed by atoms with Crippen molar-refractivity contribution in [3.05, 3.63) is 29.1 Å². The van der Waals surface area contributed by atoms with E-state index >= 15 is 0 Å². The van der Waals surface area contributed by atoms with Crippen LogP contribution in [-0.2, 0) is 11.2 Å². The molecule has 0 amide bonds. The topological polar surface area (TPSA) is 87.1 Å². The van der Waals surface area contributed by atoms with E-state index in [4.69, 9.17) is 16.1 Å². The number of rotatable bonds is 2. The van der Waals surface area contributed by atoms with E-state index < -0.39 is 18.2 Å². The lowest BCUT2D eigenvalue weighted by Crippen LogP contribution is -2.05. The molecule has 72 valence electrons. The molecular formula is C9H7FN2O2. The molecule has 3 N–H and O–H groups in total. The number of aliphatic carboxylic acids is 1. The fraction of sp³-hybridized carbons (Fsp3) is 0.111. The lowest BCUT2D eigenvalue weighted by Gasteiger charge is -2.04. The molecule has 0 saturated heterocycles. The Labute approximate surface area is 79.4 Å². The minimum absolute atomic E-state index is 0.0629. The van der Waals surface area contributed by atoms with Crippen molar-refractivity contribution in [3.8, 4) is 6.07 Å². The van der Waals surface area contributed by atoms with Crippen molar-refractivity contribution in [1.29, 1.82) is 5.26 Å². The molecule has 5 heteroatoms. The standard InChI is InChI=1S/C9H7FN2O2/c10-7-2-5(4-11)1-6(9(7)12)3-8(13)14/h1-2H,3,12H2,(H,13,14). The Morgan fingerprint density at radius 1 is 1.64 bits per heavy atom. The Morgan fingerprint density at radius 2 is 2.29 bits per heavy atom. The molecule has 1 rings (SSSR count). The molecule has 14 heavy (non-hydrogen) atoms. The van der Waals surface area contributed by atoms with Crippen LogP contribution in [-0.4, -0.2) is 11.1 Å². The van der Waals surface area contributed by atoms with Gasteiger partial charge in [-0.2, -0.15) is 5.26 Å². The number of nitrogens with zero attached hydrogens (tertiary/aromatic N) is 1. The largest absolute Gasteiger partial charge is 0.481 e. The van der Waals surface area contributed by atoms with Crippen LogP contribution < -0.4 is 5.73 Å². The van der Waals surface area contributed by atoms with Crippen LogP contribution >= 0.6 is 0 Å². The van der Waals surface area contributed by atoms with Gasteiger partial charge in [-0.15, -0.1) is 0 Å². The zero-order valence-electron chi connectivity index (χ0n) is 7.12. The van der Waals surface area contributed by atoms with E-state index in [-0.39, 0.29) is 16.8 Å². The predicted molar refractivity (Wildman–Crippen MR) is 46.9 cm³/mol. The number of anilines is 1. The fourth-order valence-electron chi connectivity index (χ4n) is 1.05. The van der Waals surface area contributed by atoms with Crippen LogP contribution in [0.4, 0.5) is 10.1 Å². The first kappa shape index (κ1) is 9.99. The normalized spacial score (nSPS) is 9.43. The number of carboxylic acids is 1. The molecule has 0 heterocycles. The highest BCUT2D eigenvalue weighted by Gasteiger charge is 2.10. The Bertz CT molecular complexity index is 424. The molecule has 4 nitrogen and oxygen atoms in total. The summed E-state index contributed by atoms with van der Waals surface area (Å²) >= 11 is 0. The molecule has 0 spiro atoms. The number of carboxylic acid groups (broad SMARTS) is 1. The first-order valence-corrected chi connectivity index (χ1v) is 3.74. The van der Waals surface area contributed by atoms with Crippen LogP contribution in [0.5, 0.6) is 0 Å². The average molecular weight is 194 g/mol.